The molecule has 19 heavy (non-hydrogen) atoms. The Balaban J connectivity index is 1.93. The predicted molar refractivity (Wildman–Crippen MR) is 82.2 cm³/mol. The molecule has 2 heteroatoms. The SMILES string of the molecule is CC(CNCc1cccc2c1CCNC2)C(C)(C)C. The van der Waals surface area contributed by atoms with Gasteiger partial charge in [0.25, 0.3) is 0 Å². The van der Waals surface area contributed by atoms with Gasteiger partial charge in [0.05, 0.1) is 0 Å². The highest BCUT2D eigenvalue weighted by molar-refractivity contribution is 5.36. The lowest BCUT2D eigenvalue weighted by Gasteiger charge is -2.28. The normalized spacial score (nSPS) is 17.1. The fourth-order valence-electron chi connectivity index (χ4n) is 2.51. The Morgan fingerprint density at radius 2 is 2.11 bits per heavy atom. The zero-order chi connectivity index (χ0) is 13.9. The highest BCUT2D eigenvalue weighted by Gasteiger charge is 2.19. The van der Waals surface area contributed by atoms with Gasteiger partial charge in [-0.05, 0) is 47.5 Å². The molecular formula is C17H28N2. The Labute approximate surface area is 118 Å². The molecule has 106 valence electrons. The second-order valence-corrected chi connectivity index (χ2v) is 6.88. The topological polar surface area (TPSA) is 24.1 Å². The molecule has 2 rings (SSSR count). The van der Waals surface area contributed by atoms with E-state index < -0.39 is 0 Å². The largest absolute Gasteiger partial charge is 0.312 e. The van der Waals surface area contributed by atoms with E-state index in [1.54, 1.807) is 5.56 Å². The van der Waals surface area contributed by atoms with Gasteiger partial charge in [0.2, 0.25) is 0 Å². The van der Waals surface area contributed by atoms with Gasteiger partial charge in [-0.15, -0.1) is 0 Å². The highest BCUT2D eigenvalue weighted by atomic mass is 14.9. The van der Waals surface area contributed by atoms with Crippen molar-refractivity contribution in [2.24, 2.45) is 11.3 Å². The van der Waals surface area contributed by atoms with Crippen LogP contribution in [0.2, 0.25) is 0 Å². The summed E-state index contributed by atoms with van der Waals surface area (Å²) in [6, 6.07) is 6.72. The third kappa shape index (κ3) is 3.80. The van der Waals surface area contributed by atoms with Crippen molar-refractivity contribution < 1.29 is 0 Å². The van der Waals surface area contributed by atoms with E-state index in [0.717, 1.165) is 26.2 Å². The first-order valence-electron chi connectivity index (χ1n) is 7.49. The first-order chi connectivity index (χ1) is 8.98. The van der Waals surface area contributed by atoms with Gasteiger partial charge in [-0.3, -0.25) is 0 Å². The van der Waals surface area contributed by atoms with Crippen LogP contribution in [0.15, 0.2) is 18.2 Å². The van der Waals surface area contributed by atoms with Crippen LogP contribution >= 0.6 is 0 Å². The predicted octanol–water partition coefficient (Wildman–Crippen LogP) is 3.10. The van der Waals surface area contributed by atoms with Crippen LogP contribution in [-0.4, -0.2) is 13.1 Å². The van der Waals surface area contributed by atoms with Gasteiger partial charge < -0.3 is 10.6 Å². The molecule has 1 atom stereocenters. The molecule has 0 saturated heterocycles. The van der Waals surface area contributed by atoms with Gasteiger partial charge in [0.1, 0.15) is 0 Å². The van der Waals surface area contributed by atoms with E-state index in [1.807, 2.05) is 0 Å². The molecule has 1 aromatic rings. The van der Waals surface area contributed by atoms with E-state index in [0.29, 0.717) is 11.3 Å². The molecule has 0 bridgehead atoms. The van der Waals surface area contributed by atoms with Crippen LogP contribution in [0.3, 0.4) is 0 Å². The summed E-state index contributed by atoms with van der Waals surface area (Å²) in [5, 5.41) is 7.08. The molecule has 1 unspecified atom stereocenters. The van der Waals surface area contributed by atoms with Gasteiger partial charge in [0, 0.05) is 13.1 Å². The van der Waals surface area contributed by atoms with Crippen molar-refractivity contribution in [3.05, 3.63) is 34.9 Å². The van der Waals surface area contributed by atoms with Crippen LogP contribution in [0.4, 0.5) is 0 Å². The van der Waals surface area contributed by atoms with Crippen LogP contribution in [0.1, 0.15) is 44.4 Å². The van der Waals surface area contributed by atoms with E-state index in [4.69, 9.17) is 0 Å². The molecule has 0 aliphatic carbocycles. The monoisotopic (exact) mass is 260 g/mol. The Morgan fingerprint density at radius 1 is 1.32 bits per heavy atom. The first-order valence-corrected chi connectivity index (χ1v) is 7.49. The van der Waals surface area contributed by atoms with E-state index in [9.17, 15) is 0 Å². The summed E-state index contributed by atoms with van der Waals surface area (Å²) in [5.74, 6) is 0.689. The summed E-state index contributed by atoms with van der Waals surface area (Å²) in [7, 11) is 0. The summed E-state index contributed by atoms with van der Waals surface area (Å²) in [6.45, 7) is 13.5. The van der Waals surface area contributed by atoms with Crippen LogP contribution < -0.4 is 10.6 Å². The van der Waals surface area contributed by atoms with Gasteiger partial charge in [0.15, 0.2) is 0 Å². The summed E-state index contributed by atoms with van der Waals surface area (Å²) in [5.41, 5.74) is 4.92. The Bertz CT molecular complexity index is 418. The van der Waals surface area contributed by atoms with Crippen molar-refractivity contribution in [3.63, 3.8) is 0 Å². The second-order valence-electron chi connectivity index (χ2n) is 6.88. The minimum Gasteiger partial charge on any atom is -0.312 e. The summed E-state index contributed by atoms with van der Waals surface area (Å²) in [4.78, 5) is 0. The summed E-state index contributed by atoms with van der Waals surface area (Å²) < 4.78 is 0. The smallest absolute Gasteiger partial charge is 0.0208 e. The van der Waals surface area contributed by atoms with Crippen LogP contribution in [0, 0.1) is 11.3 Å². The maximum absolute atomic E-state index is 3.64. The standard InChI is InChI=1S/C17H28N2/c1-13(17(2,3)4)10-19-12-15-7-5-6-14-11-18-9-8-16(14)15/h5-7,13,18-19H,8-12H2,1-4H3. The molecule has 1 heterocycles. The molecule has 2 nitrogen and oxygen atoms in total. The molecule has 0 fully saturated rings. The molecule has 2 N–H and O–H groups in total. The fourth-order valence-corrected chi connectivity index (χ4v) is 2.51. The average molecular weight is 260 g/mol. The van der Waals surface area contributed by atoms with E-state index in [1.165, 1.54) is 17.5 Å². The van der Waals surface area contributed by atoms with Crippen LogP contribution in [-0.2, 0) is 19.5 Å². The number of benzene rings is 1. The van der Waals surface area contributed by atoms with E-state index in [-0.39, 0.29) is 0 Å². The minimum atomic E-state index is 0.382. The maximum Gasteiger partial charge on any atom is 0.0208 e. The van der Waals surface area contributed by atoms with Gasteiger partial charge >= 0.3 is 0 Å². The Hall–Kier alpha value is -0.860. The number of rotatable bonds is 4. The lowest BCUT2D eigenvalue weighted by Crippen LogP contribution is -2.30. The molecule has 1 aromatic carbocycles. The molecular weight excluding hydrogens is 232 g/mol. The van der Waals surface area contributed by atoms with E-state index in [2.05, 4.69) is 56.5 Å². The third-order valence-corrected chi connectivity index (χ3v) is 4.48. The van der Waals surface area contributed by atoms with E-state index >= 15 is 0 Å². The zero-order valence-corrected chi connectivity index (χ0v) is 12.8. The molecule has 0 amide bonds. The summed E-state index contributed by atoms with van der Waals surface area (Å²) in [6.07, 6.45) is 1.17. The molecule has 0 radical (unpaired) electrons. The van der Waals surface area contributed by atoms with Crippen molar-refractivity contribution in [1.82, 2.24) is 10.6 Å². The number of fused-ring (bicyclic) bond motifs is 1. The Kier molecular flexibility index (Phi) is 4.64. The zero-order valence-electron chi connectivity index (χ0n) is 12.8. The van der Waals surface area contributed by atoms with Crippen molar-refractivity contribution >= 4 is 0 Å². The number of hydrogen-bond donors (Lipinski definition) is 2. The first kappa shape index (κ1) is 14.5. The molecule has 0 aromatic heterocycles. The number of nitrogens with one attached hydrogen (secondary N) is 2. The summed E-state index contributed by atoms with van der Waals surface area (Å²) >= 11 is 0. The van der Waals surface area contributed by atoms with Crippen molar-refractivity contribution in [1.29, 1.82) is 0 Å². The van der Waals surface area contributed by atoms with Gasteiger partial charge in [-0.1, -0.05) is 45.9 Å². The third-order valence-electron chi connectivity index (χ3n) is 4.48. The minimum absolute atomic E-state index is 0.382. The van der Waals surface area contributed by atoms with Crippen LogP contribution in [0.5, 0.6) is 0 Å². The molecule has 1 aliphatic heterocycles. The van der Waals surface area contributed by atoms with Crippen molar-refractivity contribution in [2.75, 3.05) is 13.1 Å². The average Bonchev–Trinajstić information content (AvgIpc) is 2.38. The highest BCUT2D eigenvalue weighted by Crippen LogP contribution is 2.24. The van der Waals surface area contributed by atoms with Gasteiger partial charge in [-0.25, -0.2) is 0 Å². The lowest BCUT2D eigenvalue weighted by molar-refractivity contribution is 0.252. The second kappa shape index (κ2) is 6.06. The van der Waals surface area contributed by atoms with Crippen molar-refractivity contribution in [2.45, 2.75) is 47.2 Å². The van der Waals surface area contributed by atoms with Crippen LogP contribution in [0.25, 0.3) is 0 Å². The van der Waals surface area contributed by atoms with Gasteiger partial charge in [-0.2, -0.15) is 0 Å². The lowest BCUT2D eigenvalue weighted by atomic mass is 9.82. The Morgan fingerprint density at radius 3 is 2.84 bits per heavy atom. The number of hydrogen-bond acceptors (Lipinski definition) is 2. The molecule has 1 aliphatic rings. The quantitative estimate of drug-likeness (QED) is 0.869. The maximum atomic E-state index is 3.64. The molecule has 0 saturated carbocycles. The molecule has 0 spiro atoms. The fraction of sp³-hybridized carbons (Fsp3) is 0.647. The van der Waals surface area contributed by atoms with Crippen molar-refractivity contribution in [3.8, 4) is 0 Å².